The summed E-state index contributed by atoms with van der Waals surface area (Å²) in [4.78, 5) is 20.6. The van der Waals surface area contributed by atoms with Crippen molar-refractivity contribution in [3.8, 4) is 17.1 Å². The van der Waals surface area contributed by atoms with Gasteiger partial charge in [-0.3, -0.25) is 9.69 Å². The van der Waals surface area contributed by atoms with Gasteiger partial charge in [-0.25, -0.2) is 0 Å². The molecule has 1 saturated heterocycles. The van der Waals surface area contributed by atoms with Gasteiger partial charge in [-0.2, -0.15) is 4.98 Å². The Kier molecular flexibility index (Phi) is 5.57. The summed E-state index contributed by atoms with van der Waals surface area (Å²) >= 11 is 0. The summed E-state index contributed by atoms with van der Waals surface area (Å²) in [7, 11) is 1.64. The van der Waals surface area contributed by atoms with Crippen LogP contribution in [0.15, 0.2) is 53.1 Å². The van der Waals surface area contributed by atoms with E-state index < -0.39 is 0 Å². The maximum atomic E-state index is 11.4. The number of anilines is 1. The van der Waals surface area contributed by atoms with Crippen molar-refractivity contribution in [2.75, 3.05) is 38.2 Å². The first-order valence-electron chi connectivity index (χ1n) is 9.68. The minimum absolute atomic E-state index is 0.0925. The van der Waals surface area contributed by atoms with Gasteiger partial charge < -0.3 is 14.2 Å². The first kappa shape index (κ1) is 19.1. The first-order chi connectivity index (χ1) is 14.1. The minimum Gasteiger partial charge on any atom is -0.497 e. The van der Waals surface area contributed by atoms with Gasteiger partial charge in [0.15, 0.2) is 5.78 Å². The van der Waals surface area contributed by atoms with Gasteiger partial charge in [0, 0.05) is 43.0 Å². The Hall–Kier alpha value is -3.19. The molecule has 0 aliphatic carbocycles. The zero-order chi connectivity index (χ0) is 20.2. The number of piperazine rings is 1. The largest absolute Gasteiger partial charge is 0.497 e. The van der Waals surface area contributed by atoms with Gasteiger partial charge in [0.2, 0.25) is 11.7 Å². The molecule has 7 heteroatoms. The SMILES string of the molecule is COc1ccc(-c2noc(CN3CCN(c4ccc(C(C)=O)cc4)CC3)n2)cc1. The molecule has 7 nitrogen and oxygen atoms in total. The molecule has 150 valence electrons. The summed E-state index contributed by atoms with van der Waals surface area (Å²) in [5.74, 6) is 2.10. The molecule has 1 aliphatic heterocycles. The lowest BCUT2D eigenvalue weighted by Gasteiger charge is -2.35. The van der Waals surface area contributed by atoms with E-state index in [4.69, 9.17) is 9.26 Å². The number of benzene rings is 2. The number of hydrogen-bond acceptors (Lipinski definition) is 7. The van der Waals surface area contributed by atoms with E-state index in [1.807, 2.05) is 48.5 Å². The van der Waals surface area contributed by atoms with E-state index in [1.165, 1.54) is 0 Å². The topological polar surface area (TPSA) is 71.7 Å². The number of carbonyl (C=O) groups excluding carboxylic acids is 1. The van der Waals surface area contributed by atoms with Gasteiger partial charge >= 0.3 is 0 Å². The number of rotatable bonds is 6. The van der Waals surface area contributed by atoms with E-state index in [2.05, 4.69) is 19.9 Å². The van der Waals surface area contributed by atoms with Crippen LogP contribution in [0.3, 0.4) is 0 Å². The van der Waals surface area contributed by atoms with Crippen LogP contribution in [0.2, 0.25) is 0 Å². The Morgan fingerprint density at radius 1 is 1.03 bits per heavy atom. The molecule has 0 radical (unpaired) electrons. The first-order valence-corrected chi connectivity index (χ1v) is 9.68. The summed E-state index contributed by atoms with van der Waals surface area (Å²) in [5, 5.41) is 4.10. The van der Waals surface area contributed by atoms with Crippen molar-refractivity contribution in [1.82, 2.24) is 15.0 Å². The molecule has 1 aromatic heterocycles. The molecule has 0 bridgehead atoms. The van der Waals surface area contributed by atoms with E-state index in [0.29, 0.717) is 18.3 Å². The average Bonchev–Trinajstić information content (AvgIpc) is 3.23. The second kappa shape index (κ2) is 8.45. The number of hydrogen-bond donors (Lipinski definition) is 0. The van der Waals surface area contributed by atoms with Crippen LogP contribution in [0, 0.1) is 0 Å². The van der Waals surface area contributed by atoms with Crippen molar-refractivity contribution in [3.63, 3.8) is 0 Å². The number of aromatic nitrogens is 2. The lowest BCUT2D eigenvalue weighted by atomic mass is 10.1. The quantitative estimate of drug-likeness (QED) is 0.596. The minimum atomic E-state index is 0.0925. The monoisotopic (exact) mass is 392 g/mol. The molecule has 1 aliphatic rings. The lowest BCUT2D eigenvalue weighted by Crippen LogP contribution is -2.46. The van der Waals surface area contributed by atoms with Crippen LogP contribution in [0.25, 0.3) is 11.4 Å². The number of nitrogens with zero attached hydrogens (tertiary/aromatic N) is 4. The maximum absolute atomic E-state index is 11.4. The van der Waals surface area contributed by atoms with E-state index in [9.17, 15) is 4.79 Å². The van der Waals surface area contributed by atoms with Crippen molar-refractivity contribution >= 4 is 11.5 Å². The summed E-state index contributed by atoms with van der Waals surface area (Å²) in [6.07, 6.45) is 0. The third kappa shape index (κ3) is 4.46. The van der Waals surface area contributed by atoms with Crippen LogP contribution in [-0.4, -0.2) is 54.1 Å². The third-order valence-electron chi connectivity index (χ3n) is 5.19. The number of carbonyl (C=O) groups is 1. The lowest BCUT2D eigenvalue weighted by molar-refractivity contribution is 0.101. The van der Waals surface area contributed by atoms with Crippen LogP contribution in [-0.2, 0) is 6.54 Å². The molecule has 0 amide bonds. The van der Waals surface area contributed by atoms with Crippen molar-refractivity contribution < 1.29 is 14.1 Å². The smallest absolute Gasteiger partial charge is 0.241 e. The van der Waals surface area contributed by atoms with Gasteiger partial charge in [0.05, 0.1) is 13.7 Å². The normalized spacial score (nSPS) is 14.8. The van der Waals surface area contributed by atoms with Crippen LogP contribution >= 0.6 is 0 Å². The Balaban J connectivity index is 1.32. The molecule has 29 heavy (non-hydrogen) atoms. The van der Waals surface area contributed by atoms with E-state index in [1.54, 1.807) is 14.0 Å². The summed E-state index contributed by atoms with van der Waals surface area (Å²) < 4.78 is 10.6. The highest BCUT2D eigenvalue weighted by molar-refractivity contribution is 5.94. The van der Waals surface area contributed by atoms with Crippen LogP contribution in [0.1, 0.15) is 23.2 Å². The molecule has 3 aromatic rings. The van der Waals surface area contributed by atoms with Gasteiger partial charge in [0.1, 0.15) is 5.75 Å². The van der Waals surface area contributed by atoms with Gasteiger partial charge in [0.25, 0.3) is 0 Å². The molecular formula is C22H24N4O3. The van der Waals surface area contributed by atoms with E-state index >= 15 is 0 Å². The van der Waals surface area contributed by atoms with Gasteiger partial charge in [-0.05, 0) is 55.5 Å². The molecular weight excluding hydrogens is 368 g/mol. The number of methoxy groups -OCH3 is 1. The molecule has 2 aromatic carbocycles. The van der Waals surface area contributed by atoms with Crippen molar-refractivity contribution in [2.24, 2.45) is 0 Å². The summed E-state index contributed by atoms with van der Waals surface area (Å²) in [6.45, 7) is 5.88. The van der Waals surface area contributed by atoms with E-state index in [0.717, 1.165) is 48.7 Å². The number of ketones is 1. The van der Waals surface area contributed by atoms with Crippen molar-refractivity contribution in [1.29, 1.82) is 0 Å². The zero-order valence-corrected chi connectivity index (χ0v) is 16.7. The van der Waals surface area contributed by atoms with Crippen molar-refractivity contribution in [2.45, 2.75) is 13.5 Å². The molecule has 0 atom stereocenters. The predicted molar refractivity (Wildman–Crippen MR) is 110 cm³/mol. The Morgan fingerprint density at radius 3 is 2.34 bits per heavy atom. The molecule has 2 heterocycles. The Bertz CT molecular complexity index is 958. The Labute approximate surface area is 169 Å². The fourth-order valence-corrected chi connectivity index (χ4v) is 3.44. The summed E-state index contributed by atoms with van der Waals surface area (Å²) in [5.41, 5.74) is 2.80. The van der Waals surface area contributed by atoms with Gasteiger partial charge in [-0.1, -0.05) is 5.16 Å². The van der Waals surface area contributed by atoms with Crippen LogP contribution < -0.4 is 9.64 Å². The average molecular weight is 392 g/mol. The molecule has 0 unspecified atom stereocenters. The second-order valence-corrected chi connectivity index (χ2v) is 7.11. The number of Topliss-reactive ketones (excluding diaryl/α,β-unsaturated/α-hetero) is 1. The molecule has 4 rings (SSSR count). The molecule has 0 saturated carbocycles. The van der Waals surface area contributed by atoms with Gasteiger partial charge in [-0.15, -0.1) is 0 Å². The third-order valence-corrected chi connectivity index (χ3v) is 5.19. The fraction of sp³-hybridized carbons (Fsp3) is 0.318. The molecule has 1 fully saturated rings. The fourth-order valence-electron chi connectivity index (χ4n) is 3.44. The van der Waals surface area contributed by atoms with Crippen LogP contribution in [0.4, 0.5) is 5.69 Å². The zero-order valence-electron chi connectivity index (χ0n) is 16.7. The Morgan fingerprint density at radius 2 is 1.72 bits per heavy atom. The predicted octanol–water partition coefficient (Wildman–Crippen LogP) is 3.27. The van der Waals surface area contributed by atoms with Crippen molar-refractivity contribution in [3.05, 3.63) is 60.0 Å². The molecule has 0 spiro atoms. The highest BCUT2D eigenvalue weighted by atomic mass is 16.5. The van der Waals surface area contributed by atoms with Crippen LogP contribution in [0.5, 0.6) is 5.75 Å². The highest BCUT2D eigenvalue weighted by Gasteiger charge is 2.20. The molecule has 0 N–H and O–H groups in total. The van der Waals surface area contributed by atoms with E-state index in [-0.39, 0.29) is 5.78 Å². The standard InChI is InChI=1S/C22H24N4O3/c1-16(27)17-3-7-19(8-4-17)26-13-11-25(12-14-26)15-21-23-22(24-29-21)18-5-9-20(28-2)10-6-18/h3-10H,11-15H2,1-2H3. The second-order valence-electron chi connectivity index (χ2n) is 7.11. The number of ether oxygens (including phenoxy) is 1. The summed E-state index contributed by atoms with van der Waals surface area (Å²) in [6, 6.07) is 15.4. The highest BCUT2D eigenvalue weighted by Crippen LogP contribution is 2.21. The maximum Gasteiger partial charge on any atom is 0.241 e.